The van der Waals surface area contributed by atoms with Gasteiger partial charge in [-0.3, -0.25) is 0 Å². The number of rotatable bonds is 17. The van der Waals surface area contributed by atoms with Crippen molar-refractivity contribution in [1.29, 1.82) is 0 Å². The van der Waals surface area contributed by atoms with E-state index in [9.17, 15) is 9.90 Å². The highest BCUT2D eigenvalue weighted by atomic mass is 16.5. The largest absolute Gasteiger partial charge is 0.494 e. The average Bonchev–Trinajstić information content (AvgIpc) is 2.95. The third-order valence-electron chi connectivity index (χ3n) is 6.99. The zero-order valence-corrected chi connectivity index (χ0v) is 23.3. The lowest BCUT2D eigenvalue weighted by Gasteiger charge is -2.32. The molecule has 0 spiro atoms. The number of hydrogen-bond donors (Lipinski definition) is 1. The SMILES string of the molecule is CCCCCCCCCCOc1ccc(C2C=NC(C(=O)O)=CN2c2ccccc2OCC(C)CC)cc1. The minimum Gasteiger partial charge on any atom is -0.494 e. The number of unbranched alkanes of at least 4 members (excludes halogenated alkanes) is 7. The van der Waals surface area contributed by atoms with Crippen molar-refractivity contribution in [3.8, 4) is 11.5 Å². The summed E-state index contributed by atoms with van der Waals surface area (Å²) < 4.78 is 12.1. The van der Waals surface area contributed by atoms with Crippen molar-refractivity contribution in [1.82, 2.24) is 0 Å². The number of carboxylic acids is 1. The van der Waals surface area contributed by atoms with E-state index in [0.717, 1.165) is 42.2 Å². The summed E-state index contributed by atoms with van der Waals surface area (Å²) in [5.41, 5.74) is 1.79. The molecule has 0 amide bonds. The summed E-state index contributed by atoms with van der Waals surface area (Å²) >= 11 is 0. The molecule has 0 saturated carbocycles. The second kappa shape index (κ2) is 15.9. The molecule has 206 valence electrons. The summed E-state index contributed by atoms with van der Waals surface area (Å²) in [4.78, 5) is 17.9. The number of hydrogen-bond acceptors (Lipinski definition) is 5. The van der Waals surface area contributed by atoms with Crippen molar-refractivity contribution >= 4 is 17.9 Å². The van der Waals surface area contributed by atoms with Gasteiger partial charge in [0.25, 0.3) is 0 Å². The normalized spacial score (nSPS) is 15.7. The average molecular weight is 521 g/mol. The Labute approximate surface area is 228 Å². The number of benzene rings is 2. The van der Waals surface area contributed by atoms with Crippen LogP contribution in [-0.4, -0.2) is 30.5 Å². The predicted octanol–water partition coefficient (Wildman–Crippen LogP) is 8.19. The van der Waals surface area contributed by atoms with Gasteiger partial charge in [0, 0.05) is 12.4 Å². The molecule has 0 bridgehead atoms. The molecule has 38 heavy (non-hydrogen) atoms. The highest BCUT2D eigenvalue weighted by molar-refractivity contribution is 5.92. The Morgan fingerprint density at radius 1 is 0.947 bits per heavy atom. The Kier molecular flexibility index (Phi) is 12.2. The van der Waals surface area contributed by atoms with Crippen LogP contribution in [0.4, 0.5) is 5.69 Å². The number of carboxylic acid groups (broad SMARTS) is 1. The molecule has 1 aliphatic rings. The second-order valence-corrected chi connectivity index (χ2v) is 10.1. The van der Waals surface area contributed by atoms with E-state index in [1.165, 1.54) is 44.9 Å². The fourth-order valence-corrected chi connectivity index (χ4v) is 4.37. The Bertz CT molecular complexity index is 1050. The van der Waals surface area contributed by atoms with E-state index in [2.05, 4.69) is 25.8 Å². The second-order valence-electron chi connectivity index (χ2n) is 10.1. The maximum Gasteiger partial charge on any atom is 0.356 e. The first-order valence-corrected chi connectivity index (χ1v) is 14.3. The van der Waals surface area contributed by atoms with Crippen LogP contribution in [0.2, 0.25) is 0 Å². The summed E-state index contributed by atoms with van der Waals surface area (Å²) in [5, 5.41) is 9.60. The molecule has 2 aromatic rings. The molecule has 3 rings (SSSR count). The smallest absolute Gasteiger partial charge is 0.356 e. The molecule has 0 aliphatic carbocycles. The first-order chi connectivity index (χ1) is 18.5. The van der Waals surface area contributed by atoms with Crippen LogP contribution in [-0.2, 0) is 4.79 Å². The van der Waals surface area contributed by atoms with Gasteiger partial charge in [-0.15, -0.1) is 0 Å². The van der Waals surface area contributed by atoms with Gasteiger partial charge < -0.3 is 19.5 Å². The molecule has 1 heterocycles. The number of aliphatic imine (C=N–C) groups is 1. The lowest BCUT2D eigenvalue weighted by Crippen LogP contribution is -2.29. The van der Waals surface area contributed by atoms with Crippen molar-refractivity contribution < 1.29 is 19.4 Å². The number of aliphatic carboxylic acids is 1. The first-order valence-electron chi connectivity index (χ1n) is 14.3. The molecule has 6 nitrogen and oxygen atoms in total. The summed E-state index contributed by atoms with van der Waals surface area (Å²) in [6, 6.07) is 15.5. The highest BCUT2D eigenvalue weighted by Gasteiger charge is 2.26. The van der Waals surface area contributed by atoms with E-state index in [-0.39, 0.29) is 11.7 Å². The van der Waals surface area contributed by atoms with E-state index < -0.39 is 5.97 Å². The highest BCUT2D eigenvalue weighted by Crippen LogP contribution is 2.37. The summed E-state index contributed by atoms with van der Waals surface area (Å²) in [7, 11) is 0. The van der Waals surface area contributed by atoms with E-state index in [1.807, 2.05) is 53.4 Å². The minimum atomic E-state index is -1.06. The van der Waals surface area contributed by atoms with Crippen molar-refractivity contribution in [3.05, 3.63) is 66.0 Å². The van der Waals surface area contributed by atoms with Gasteiger partial charge in [-0.2, -0.15) is 0 Å². The summed E-state index contributed by atoms with van der Waals surface area (Å²) in [6.45, 7) is 7.86. The quantitative estimate of drug-likeness (QED) is 0.213. The van der Waals surface area contributed by atoms with Crippen LogP contribution in [0.3, 0.4) is 0 Å². The standard InChI is InChI=1S/C32H44N2O4/c1-4-6-7-8-9-10-11-14-21-37-27-19-17-26(18-20-27)30-22-33-28(32(35)36)23-34(30)29-15-12-13-16-31(29)38-24-25(3)5-2/h12-13,15-20,22-23,25,30H,4-11,14,21,24H2,1-3H3,(H,35,36). The first kappa shape index (κ1) is 29.3. The molecule has 0 fully saturated rings. The van der Waals surface area contributed by atoms with Gasteiger partial charge in [0.05, 0.1) is 24.9 Å². The van der Waals surface area contributed by atoms with Crippen molar-refractivity contribution in [2.45, 2.75) is 84.6 Å². The van der Waals surface area contributed by atoms with Crippen molar-refractivity contribution in [2.24, 2.45) is 10.9 Å². The molecular formula is C32H44N2O4. The van der Waals surface area contributed by atoms with Crippen LogP contribution in [0.1, 0.15) is 90.2 Å². The van der Waals surface area contributed by atoms with E-state index in [1.54, 1.807) is 12.4 Å². The van der Waals surface area contributed by atoms with Crippen LogP contribution in [0, 0.1) is 5.92 Å². The topological polar surface area (TPSA) is 71.4 Å². The Morgan fingerprint density at radius 2 is 1.63 bits per heavy atom. The van der Waals surface area contributed by atoms with Crippen LogP contribution in [0.15, 0.2) is 65.4 Å². The van der Waals surface area contributed by atoms with Crippen LogP contribution in [0.5, 0.6) is 11.5 Å². The molecule has 2 aromatic carbocycles. The number of anilines is 1. The Balaban J connectivity index is 1.65. The molecular weight excluding hydrogens is 476 g/mol. The van der Waals surface area contributed by atoms with Gasteiger partial charge in [-0.1, -0.05) is 96.4 Å². The lowest BCUT2D eigenvalue weighted by atomic mass is 10.0. The summed E-state index contributed by atoms with van der Waals surface area (Å²) in [6.07, 6.45) is 14.5. The number of ether oxygens (including phenoxy) is 2. The molecule has 6 heteroatoms. The molecule has 0 saturated heterocycles. The van der Waals surface area contributed by atoms with Crippen LogP contribution in [0.25, 0.3) is 0 Å². The molecule has 2 atom stereocenters. The van der Waals surface area contributed by atoms with Gasteiger partial charge in [0.2, 0.25) is 0 Å². The van der Waals surface area contributed by atoms with Gasteiger partial charge in [-0.05, 0) is 42.2 Å². The monoisotopic (exact) mass is 520 g/mol. The van der Waals surface area contributed by atoms with E-state index >= 15 is 0 Å². The molecule has 1 N–H and O–H groups in total. The molecule has 0 aromatic heterocycles. The zero-order chi connectivity index (χ0) is 27.2. The van der Waals surface area contributed by atoms with Gasteiger partial charge >= 0.3 is 5.97 Å². The van der Waals surface area contributed by atoms with Gasteiger partial charge in [0.1, 0.15) is 11.5 Å². The number of carbonyl (C=O) groups is 1. The van der Waals surface area contributed by atoms with E-state index in [0.29, 0.717) is 12.5 Å². The maximum absolute atomic E-state index is 11.7. The van der Waals surface area contributed by atoms with Crippen LogP contribution >= 0.6 is 0 Å². The summed E-state index contributed by atoms with van der Waals surface area (Å²) in [5.74, 6) is 0.923. The third kappa shape index (κ3) is 8.93. The van der Waals surface area contributed by atoms with Gasteiger partial charge in [0.15, 0.2) is 5.70 Å². The molecule has 1 aliphatic heterocycles. The van der Waals surface area contributed by atoms with E-state index in [4.69, 9.17) is 9.47 Å². The fraction of sp³-hybridized carbons (Fsp3) is 0.500. The predicted molar refractivity (Wildman–Crippen MR) is 155 cm³/mol. The minimum absolute atomic E-state index is 0.0108. The maximum atomic E-state index is 11.7. The Hall–Kier alpha value is -3.28. The lowest BCUT2D eigenvalue weighted by molar-refractivity contribution is -0.132. The third-order valence-corrected chi connectivity index (χ3v) is 6.99. The van der Waals surface area contributed by atoms with Crippen molar-refractivity contribution in [2.75, 3.05) is 18.1 Å². The molecule has 2 unspecified atom stereocenters. The zero-order valence-electron chi connectivity index (χ0n) is 23.3. The Morgan fingerprint density at radius 3 is 2.32 bits per heavy atom. The molecule has 0 radical (unpaired) electrons. The van der Waals surface area contributed by atoms with Crippen LogP contribution < -0.4 is 14.4 Å². The van der Waals surface area contributed by atoms with Crippen molar-refractivity contribution in [3.63, 3.8) is 0 Å². The number of para-hydroxylation sites is 2. The fourth-order valence-electron chi connectivity index (χ4n) is 4.37. The van der Waals surface area contributed by atoms with Gasteiger partial charge in [-0.25, -0.2) is 9.79 Å². The number of nitrogens with zero attached hydrogens (tertiary/aromatic N) is 2.